The molecule has 2 rings (SSSR count). The van der Waals surface area contributed by atoms with Gasteiger partial charge in [-0.1, -0.05) is 19.9 Å². The minimum absolute atomic E-state index is 0.0388. The van der Waals surface area contributed by atoms with E-state index in [4.69, 9.17) is 10.5 Å². The molecule has 0 saturated heterocycles. The number of ether oxygens (including phenoxy) is 1. The van der Waals surface area contributed by atoms with Gasteiger partial charge in [-0.05, 0) is 48.9 Å². The van der Waals surface area contributed by atoms with Gasteiger partial charge < -0.3 is 10.5 Å². The third-order valence-electron chi connectivity index (χ3n) is 3.29. The second kappa shape index (κ2) is 4.10. The molecule has 0 radical (unpaired) electrons. The topological polar surface area (TPSA) is 35.2 Å². The van der Waals surface area contributed by atoms with Crippen molar-refractivity contribution in [1.29, 1.82) is 0 Å². The number of nitrogens with two attached hydrogens (primary N) is 1. The first kappa shape index (κ1) is 11.5. The van der Waals surface area contributed by atoms with Crippen LogP contribution in [-0.2, 0) is 0 Å². The summed E-state index contributed by atoms with van der Waals surface area (Å²) in [6.45, 7) is 7.20. The lowest BCUT2D eigenvalue weighted by Crippen LogP contribution is -2.29. The van der Waals surface area contributed by atoms with Crippen LogP contribution in [0.1, 0.15) is 43.7 Å². The molecule has 0 unspecified atom stereocenters. The van der Waals surface area contributed by atoms with E-state index >= 15 is 0 Å². The second-order valence-electron chi connectivity index (χ2n) is 5.32. The minimum Gasteiger partial charge on any atom is -0.492 e. The molecule has 16 heavy (non-hydrogen) atoms. The third-order valence-corrected chi connectivity index (χ3v) is 3.29. The van der Waals surface area contributed by atoms with Gasteiger partial charge in [-0.2, -0.15) is 0 Å². The van der Waals surface area contributed by atoms with Gasteiger partial charge >= 0.3 is 0 Å². The van der Waals surface area contributed by atoms with Crippen molar-refractivity contribution in [2.75, 3.05) is 6.61 Å². The average molecular weight is 219 g/mol. The van der Waals surface area contributed by atoms with Crippen molar-refractivity contribution < 1.29 is 4.74 Å². The number of hydrogen-bond acceptors (Lipinski definition) is 2. The van der Waals surface area contributed by atoms with Crippen molar-refractivity contribution in [3.05, 3.63) is 29.3 Å². The van der Waals surface area contributed by atoms with Crippen LogP contribution in [0.4, 0.5) is 0 Å². The highest BCUT2D eigenvalue weighted by Crippen LogP contribution is 2.33. The quantitative estimate of drug-likeness (QED) is 0.845. The van der Waals surface area contributed by atoms with Crippen LogP contribution in [0.2, 0.25) is 0 Å². The van der Waals surface area contributed by atoms with Gasteiger partial charge in [-0.25, -0.2) is 0 Å². The van der Waals surface area contributed by atoms with Crippen molar-refractivity contribution in [3.8, 4) is 5.75 Å². The molecule has 2 N–H and O–H groups in total. The highest BCUT2D eigenvalue weighted by atomic mass is 16.5. The Morgan fingerprint density at radius 1 is 1.38 bits per heavy atom. The van der Waals surface area contributed by atoms with Crippen LogP contribution < -0.4 is 10.5 Å². The molecule has 88 valence electrons. The number of aryl methyl sites for hydroxylation is 1. The Balaban J connectivity index is 2.06. The molecule has 1 fully saturated rings. The standard InChI is InChI=1S/C14H21NO/c1-10(2)13-8-12(5-4-11(13)3)16-9-14(15)6-7-14/h4-5,8,10H,6-7,9,15H2,1-3H3. The van der Waals surface area contributed by atoms with E-state index in [1.165, 1.54) is 11.1 Å². The molecular formula is C14H21NO. The summed E-state index contributed by atoms with van der Waals surface area (Å²) >= 11 is 0. The number of rotatable bonds is 4. The molecule has 1 aromatic rings. The molecule has 0 aliphatic heterocycles. The summed E-state index contributed by atoms with van der Waals surface area (Å²) in [5.41, 5.74) is 8.65. The molecule has 2 nitrogen and oxygen atoms in total. The first-order chi connectivity index (χ1) is 7.50. The summed E-state index contributed by atoms with van der Waals surface area (Å²) in [7, 11) is 0. The van der Waals surface area contributed by atoms with E-state index in [0.717, 1.165) is 18.6 Å². The summed E-state index contributed by atoms with van der Waals surface area (Å²) in [6, 6.07) is 6.31. The van der Waals surface area contributed by atoms with Gasteiger partial charge in [0, 0.05) is 0 Å². The van der Waals surface area contributed by atoms with E-state index in [-0.39, 0.29) is 5.54 Å². The van der Waals surface area contributed by atoms with Crippen LogP contribution in [0.25, 0.3) is 0 Å². The summed E-state index contributed by atoms with van der Waals surface area (Å²) < 4.78 is 5.75. The second-order valence-corrected chi connectivity index (χ2v) is 5.32. The average Bonchev–Trinajstić information content (AvgIpc) is 2.96. The van der Waals surface area contributed by atoms with E-state index in [1.807, 2.05) is 6.07 Å². The SMILES string of the molecule is Cc1ccc(OCC2(N)CC2)cc1C(C)C. The molecule has 0 spiro atoms. The van der Waals surface area contributed by atoms with Crippen molar-refractivity contribution >= 4 is 0 Å². The van der Waals surface area contributed by atoms with E-state index in [1.54, 1.807) is 0 Å². The smallest absolute Gasteiger partial charge is 0.119 e. The van der Waals surface area contributed by atoms with Gasteiger partial charge in [0.15, 0.2) is 0 Å². The summed E-state index contributed by atoms with van der Waals surface area (Å²) in [4.78, 5) is 0. The Bertz CT molecular complexity index is 380. The van der Waals surface area contributed by atoms with Crippen LogP contribution in [-0.4, -0.2) is 12.1 Å². The van der Waals surface area contributed by atoms with Crippen molar-refractivity contribution in [2.45, 2.75) is 45.1 Å². The predicted molar refractivity (Wildman–Crippen MR) is 66.9 cm³/mol. The fourth-order valence-corrected chi connectivity index (χ4v) is 1.86. The van der Waals surface area contributed by atoms with Gasteiger partial charge in [0.2, 0.25) is 0 Å². The zero-order chi connectivity index (χ0) is 11.8. The van der Waals surface area contributed by atoms with Crippen LogP contribution in [0.3, 0.4) is 0 Å². The largest absolute Gasteiger partial charge is 0.492 e. The fourth-order valence-electron chi connectivity index (χ4n) is 1.86. The molecule has 0 bridgehead atoms. The molecule has 1 aromatic carbocycles. The number of benzene rings is 1. The predicted octanol–water partition coefficient (Wildman–Crippen LogP) is 2.99. The van der Waals surface area contributed by atoms with Gasteiger partial charge in [-0.3, -0.25) is 0 Å². The Labute approximate surface area is 97.8 Å². The molecule has 0 heterocycles. The molecule has 0 atom stereocenters. The highest BCUT2D eigenvalue weighted by Gasteiger charge is 2.39. The maximum absolute atomic E-state index is 6.00. The van der Waals surface area contributed by atoms with Gasteiger partial charge in [-0.15, -0.1) is 0 Å². The Morgan fingerprint density at radius 3 is 2.62 bits per heavy atom. The zero-order valence-corrected chi connectivity index (χ0v) is 10.4. The normalized spacial score (nSPS) is 17.6. The molecule has 1 aliphatic rings. The minimum atomic E-state index is -0.0388. The van der Waals surface area contributed by atoms with Crippen molar-refractivity contribution in [3.63, 3.8) is 0 Å². The van der Waals surface area contributed by atoms with Gasteiger partial charge in [0.25, 0.3) is 0 Å². The molecule has 1 aliphatic carbocycles. The van der Waals surface area contributed by atoms with Crippen LogP contribution in [0.5, 0.6) is 5.75 Å². The maximum atomic E-state index is 6.00. The van der Waals surface area contributed by atoms with Crippen LogP contribution >= 0.6 is 0 Å². The molecule has 1 saturated carbocycles. The lowest BCUT2D eigenvalue weighted by atomic mass is 9.98. The molecule has 0 aromatic heterocycles. The summed E-state index contributed by atoms with van der Waals surface area (Å²) in [5.74, 6) is 1.49. The van der Waals surface area contributed by atoms with E-state index in [9.17, 15) is 0 Å². The van der Waals surface area contributed by atoms with Gasteiger partial charge in [0.1, 0.15) is 12.4 Å². The first-order valence-electron chi connectivity index (χ1n) is 6.02. The van der Waals surface area contributed by atoms with E-state index in [2.05, 4.69) is 32.9 Å². The third kappa shape index (κ3) is 2.56. The molecule has 0 amide bonds. The Kier molecular flexibility index (Phi) is 2.94. The Morgan fingerprint density at radius 2 is 2.06 bits per heavy atom. The zero-order valence-electron chi connectivity index (χ0n) is 10.4. The molecule has 2 heteroatoms. The van der Waals surface area contributed by atoms with Gasteiger partial charge in [0.05, 0.1) is 5.54 Å². The lowest BCUT2D eigenvalue weighted by Gasteiger charge is -2.15. The van der Waals surface area contributed by atoms with E-state index < -0.39 is 0 Å². The van der Waals surface area contributed by atoms with E-state index in [0.29, 0.717) is 12.5 Å². The summed E-state index contributed by atoms with van der Waals surface area (Å²) in [5, 5.41) is 0. The Hall–Kier alpha value is -1.02. The number of hydrogen-bond donors (Lipinski definition) is 1. The highest BCUT2D eigenvalue weighted by molar-refractivity contribution is 5.36. The first-order valence-corrected chi connectivity index (χ1v) is 6.02. The monoisotopic (exact) mass is 219 g/mol. The van der Waals surface area contributed by atoms with Crippen molar-refractivity contribution in [2.24, 2.45) is 5.73 Å². The maximum Gasteiger partial charge on any atom is 0.119 e. The van der Waals surface area contributed by atoms with Crippen LogP contribution in [0, 0.1) is 6.92 Å². The fraction of sp³-hybridized carbons (Fsp3) is 0.571. The van der Waals surface area contributed by atoms with Crippen LogP contribution in [0.15, 0.2) is 18.2 Å². The van der Waals surface area contributed by atoms with Crippen molar-refractivity contribution in [1.82, 2.24) is 0 Å². The lowest BCUT2D eigenvalue weighted by molar-refractivity contribution is 0.279. The summed E-state index contributed by atoms with van der Waals surface area (Å²) in [6.07, 6.45) is 2.19. The molecular weight excluding hydrogens is 198 g/mol.